The minimum Gasteiger partial charge on any atom is -0.359 e. The lowest BCUT2D eigenvalue weighted by Gasteiger charge is -2.29. The molecule has 0 radical (unpaired) electrons. The van der Waals surface area contributed by atoms with Gasteiger partial charge in [-0.15, -0.1) is 11.3 Å². The molecule has 1 aromatic heterocycles. The summed E-state index contributed by atoms with van der Waals surface area (Å²) in [6.07, 6.45) is 0. The fourth-order valence-corrected chi connectivity index (χ4v) is 4.29. The standard InChI is InChI=1S/C19H24ClN5O2S/c1-24(2)16(17-4-3-9-28-17)11-22-19(27)23-13-5-6-15(14(20)10-13)25-8-7-21-18(26)12-25/h3-6,9-10,16H,7-8,11-12H2,1-2H3,(H,21,26)(H2,22,23,27). The second kappa shape index (κ2) is 9.27. The maximum Gasteiger partial charge on any atom is 0.319 e. The highest BCUT2D eigenvalue weighted by Gasteiger charge is 2.19. The van der Waals surface area contributed by atoms with Crippen molar-refractivity contribution in [1.29, 1.82) is 0 Å². The molecular formula is C19H24ClN5O2S. The van der Waals surface area contributed by atoms with Gasteiger partial charge in [0.2, 0.25) is 5.91 Å². The molecule has 0 saturated carbocycles. The summed E-state index contributed by atoms with van der Waals surface area (Å²) in [6, 6.07) is 9.21. The van der Waals surface area contributed by atoms with E-state index in [2.05, 4.69) is 26.9 Å². The number of rotatable bonds is 6. The van der Waals surface area contributed by atoms with E-state index in [1.54, 1.807) is 23.5 Å². The van der Waals surface area contributed by atoms with Gasteiger partial charge in [0.25, 0.3) is 0 Å². The Bertz CT molecular complexity index is 828. The van der Waals surface area contributed by atoms with Crippen molar-refractivity contribution in [3.8, 4) is 0 Å². The zero-order valence-electron chi connectivity index (χ0n) is 15.9. The van der Waals surface area contributed by atoms with Crippen molar-refractivity contribution in [1.82, 2.24) is 15.5 Å². The summed E-state index contributed by atoms with van der Waals surface area (Å²) >= 11 is 8.05. The molecule has 3 N–H and O–H groups in total. The molecule has 1 aromatic carbocycles. The Kier molecular flexibility index (Phi) is 6.77. The number of hydrogen-bond acceptors (Lipinski definition) is 5. The van der Waals surface area contributed by atoms with Crippen LogP contribution in [0, 0.1) is 0 Å². The number of carbonyl (C=O) groups is 2. The number of benzene rings is 1. The Labute approximate surface area is 173 Å². The number of nitrogens with one attached hydrogen (secondary N) is 3. The second-order valence-electron chi connectivity index (χ2n) is 6.77. The number of halogens is 1. The van der Waals surface area contributed by atoms with Gasteiger partial charge < -0.3 is 25.8 Å². The molecule has 28 heavy (non-hydrogen) atoms. The molecule has 3 rings (SSSR count). The largest absolute Gasteiger partial charge is 0.359 e. The first-order valence-electron chi connectivity index (χ1n) is 9.00. The average Bonchev–Trinajstić information content (AvgIpc) is 3.16. The Morgan fingerprint density at radius 2 is 2.21 bits per heavy atom. The van der Waals surface area contributed by atoms with Crippen molar-refractivity contribution in [2.24, 2.45) is 0 Å². The molecule has 1 unspecified atom stereocenters. The number of amides is 3. The van der Waals surface area contributed by atoms with Crippen molar-refractivity contribution in [3.63, 3.8) is 0 Å². The number of carbonyl (C=O) groups excluding carboxylic acids is 2. The van der Waals surface area contributed by atoms with Crippen molar-refractivity contribution in [2.45, 2.75) is 6.04 Å². The van der Waals surface area contributed by atoms with E-state index < -0.39 is 0 Å². The smallest absolute Gasteiger partial charge is 0.319 e. The van der Waals surface area contributed by atoms with Crippen molar-refractivity contribution in [2.75, 3.05) is 50.5 Å². The molecule has 0 aliphatic carbocycles. The number of urea groups is 1. The van der Waals surface area contributed by atoms with Crippen LogP contribution in [0.4, 0.5) is 16.2 Å². The summed E-state index contributed by atoms with van der Waals surface area (Å²) in [5.74, 6) is -0.0231. The monoisotopic (exact) mass is 421 g/mol. The van der Waals surface area contributed by atoms with Crippen LogP contribution in [0.15, 0.2) is 35.7 Å². The van der Waals surface area contributed by atoms with Crippen LogP contribution in [0.25, 0.3) is 0 Å². The number of thiophene rings is 1. The van der Waals surface area contributed by atoms with Gasteiger partial charge in [0.15, 0.2) is 0 Å². The summed E-state index contributed by atoms with van der Waals surface area (Å²) in [5, 5.41) is 11.0. The molecule has 0 spiro atoms. The van der Waals surface area contributed by atoms with E-state index in [9.17, 15) is 9.59 Å². The van der Waals surface area contributed by atoms with Gasteiger partial charge in [0, 0.05) is 30.2 Å². The van der Waals surface area contributed by atoms with Crippen molar-refractivity contribution < 1.29 is 9.59 Å². The molecule has 1 saturated heterocycles. The van der Waals surface area contributed by atoms with Crippen LogP contribution < -0.4 is 20.9 Å². The van der Waals surface area contributed by atoms with Crippen LogP contribution in [0.1, 0.15) is 10.9 Å². The lowest BCUT2D eigenvalue weighted by Crippen LogP contribution is -2.47. The maximum absolute atomic E-state index is 12.3. The molecule has 0 bridgehead atoms. The van der Waals surface area contributed by atoms with E-state index in [1.807, 2.05) is 36.5 Å². The van der Waals surface area contributed by atoms with E-state index in [0.29, 0.717) is 30.3 Å². The molecule has 1 atom stereocenters. The predicted molar refractivity (Wildman–Crippen MR) is 114 cm³/mol. The number of hydrogen-bond donors (Lipinski definition) is 3. The first kappa shape index (κ1) is 20.4. The SMILES string of the molecule is CN(C)C(CNC(=O)Nc1ccc(N2CCNC(=O)C2)c(Cl)c1)c1cccs1. The molecule has 2 aromatic rings. The number of piperazine rings is 1. The van der Waals surface area contributed by atoms with Crippen LogP contribution in [0.5, 0.6) is 0 Å². The lowest BCUT2D eigenvalue weighted by molar-refractivity contribution is -0.120. The van der Waals surface area contributed by atoms with Gasteiger partial charge in [-0.25, -0.2) is 4.79 Å². The Morgan fingerprint density at radius 3 is 2.86 bits per heavy atom. The van der Waals surface area contributed by atoms with Gasteiger partial charge in [-0.3, -0.25) is 4.79 Å². The van der Waals surface area contributed by atoms with E-state index in [0.717, 1.165) is 5.69 Å². The highest BCUT2D eigenvalue weighted by Crippen LogP contribution is 2.29. The molecule has 150 valence electrons. The molecule has 1 aliphatic rings. The normalized spacial score (nSPS) is 15.3. The summed E-state index contributed by atoms with van der Waals surface area (Å²) in [4.78, 5) is 29.1. The van der Waals surface area contributed by atoms with Gasteiger partial charge >= 0.3 is 6.03 Å². The molecule has 3 amide bonds. The van der Waals surface area contributed by atoms with Crippen molar-refractivity contribution >= 4 is 46.3 Å². The van der Waals surface area contributed by atoms with Gasteiger partial charge in [-0.1, -0.05) is 17.7 Å². The van der Waals surface area contributed by atoms with E-state index >= 15 is 0 Å². The Morgan fingerprint density at radius 1 is 1.39 bits per heavy atom. The third-order valence-corrected chi connectivity index (χ3v) is 5.81. The molecule has 1 aliphatic heterocycles. The number of nitrogens with zero attached hydrogens (tertiary/aromatic N) is 2. The summed E-state index contributed by atoms with van der Waals surface area (Å²) in [6.45, 7) is 2.07. The molecule has 9 heteroatoms. The number of likely N-dealkylation sites (N-methyl/N-ethyl adjacent to an activating group) is 1. The van der Waals surface area contributed by atoms with Gasteiger partial charge in [0.1, 0.15) is 0 Å². The molecule has 2 heterocycles. The third kappa shape index (κ3) is 5.15. The summed E-state index contributed by atoms with van der Waals surface area (Å²) in [7, 11) is 3.98. The lowest BCUT2D eigenvalue weighted by atomic mass is 10.2. The van der Waals surface area contributed by atoms with Crippen LogP contribution in [0.3, 0.4) is 0 Å². The maximum atomic E-state index is 12.3. The van der Waals surface area contributed by atoms with Gasteiger partial charge in [-0.05, 0) is 43.7 Å². The van der Waals surface area contributed by atoms with Gasteiger partial charge in [-0.2, -0.15) is 0 Å². The summed E-state index contributed by atoms with van der Waals surface area (Å²) in [5.41, 5.74) is 1.39. The Balaban J connectivity index is 1.58. The quantitative estimate of drug-likeness (QED) is 0.670. The van der Waals surface area contributed by atoms with Crippen LogP contribution in [0.2, 0.25) is 5.02 Å². The fraction of sp³-hybridized carbons (Fsp3) is 0.368. The zero-order chi connectivity index (χ0) is 20.1. The predicted octanol–water partition coefficient (Wildman–Crippen LogP) is 2.76. The Hall–Kier alpha value is -2.29. The molecular weight excluding hydrogens is 398 g/mol. The first-order valence-corrected chi connectivity index (χ1v) is 10.3. The van der Waals surface area contributed by atoms with Crippen molar-refractivity contribution in [3.05, 3.63) is 45.6 Å². The minimum absolute atomic E-state index is 0.0231. The average molecular weight is 422 g/mol. The fourth-order valence-electron chi connectivity index (χ4n) is 3.07. The zero-order valence-corrected chi connectivity index (χ0v) is 17.4. The minimum atomic E-state index is -0.287. The van der Waals surface area contributed by atoms with Gasteiger partial charge in [0.05, 0.1) is 23.3 Å². The molecule has 7 nitrogen and oxygen atoms in total. The summed E-state index contributed by atoms with van der Waals surface area (Å²) < 4.78 is 0. The second-order valence-corrected chi connectivity index (χ2v) is 8.15. The van der Waals surface area contributed by atoms with E-state index in [1.165, 1.54) is 4.88 Å². The van der Waals surface area contributed by atoms with Crippen LogP contribution >= 0.6 is 22.9 Å². The van der Waals surface area contributed by atoms with Crippen LogP contribution in [-0.2, 0) is 4.79 Å². The third-order valence-electron chi connectivity index (χ3n) is 4.54. The van der Waals surface area contributed by atoms with E-state index in [4.69, 9.17) is 11.6 Å². The van der Waals surface area contributed by atoms with Crippen LogP contribution in [-0.4, -0.2) is 57.1 Å². The first-order chi connectivity index (χ1) is 13.4. The number of anilines is 2. The highest BCUT2D eigenvalue weighted by atomic mass is 35.5. The van der Waals surface area contributed by atoms with E-state index in [-0.39, 0.29) is 24.5 Å². The topological polar surface area (TPSA) is 76.7 Å². The highest BCUT2D eigenvalue weighted by molar-refractivity contribution is 7.10. The molecule has 1 fully saturated rings.